The maximum absolute atomic E-state index is 11.7. The van der Waals surface area contributed by atoms with Gasteiger partial charge in [-0.25, -0.2) is 9.59 Å². The Morgan fingerprint density at radius 3 is 2.73 bits per heavy atom. The highest BCUT2D eigenvalue weighted by Crippen LogP contribution is 2.24. The number of amides is 1. The first-order valence-electron chi connectivity index (χ1n) is 7.45. The van der Waals surface area contributed by atoms with Gasteiger partial charge in [0.2, 0.25) is 0 Å². The van der Waals surface area contributed by atoms with E-state index in [4.69, 9.17) is 16.3 Å². The maximum atomic E-state index is 11.7. The summed E-state index contributed by atoms with van der Waals surface area (Å²) in [5.74, 6) is -0.695. The third-order valence-electron chi connectivity index (χ3n) is 3.84. The number of carbonyl (C=O) groups excluding carboxylic acids is 1. The van der Waals surface area contributed by atoms with Gasteiger partial charge < -0.3 is 15.2 Å². The van der Waals surface area contributed by atoms with Crippen molar-refractivity contribution in [2.45, 2.75) is 38.1 Å². The summed E-state index contributed by atoms with van der Waals surface area (Å²) in [6.07, 6.45) is 3.95. The van der Waals surface area contributed by atoms with Crippen molar-refractivity contribution in [3.05, 3.63) is 34.9 Å². The number of carbonyl (C=O) groups is 2. The van der Waals surface area contributed by atoms with Gasteiger partial charge in [-0.05, 0) is 36.5 Å². The van der Waals surface area contributed by atoms with Crippen LogP contribution in [0.5, 0.6) is 0 Å². The normalized spacial score (nSPS) is 16.2. The lowest BCUT2D eigenvalue weighted by atomic mass is 10.1. The van der Waals surface area contributed by atoms with Crippen molar-refractivity contribution in [1.29, 1.82) is 0 Å². The SMILES string of the molecule is O=C(N[C@H](Cc1cccc(Cl)c1)C(=O)O)OCC1CCCC1. The standard InChI is InChI=1S/C16H20ClNO4/c17-13-7-3-6-12(8-13)9-14(15(19)20)18-16(21)22-10-11-4-1-2-5-11/h3,6-8,11,14H,1-2,4-5,9-10H2,(H,18,21)(H,19,20)/t14-/m1/s1. The molecule has 0 spiro atoms. The molecule has 0 saturated heterocycles. The molecule has 1 saturated carbocycles. The number of nitrogens with one attached hydrogen (secondary N) is 1. The van der Waals surface area contributed by atoms with Crippen LogP contribution in [0.4, 0.5) is 4.79 Å². The van der Waals surface area contributed by atoms with E-state index in [2.05, 4.69) is 5.32 Å². The Kier molecular flexibility index (Phi) is 6.07. The second-order valence-electron chi connectivity index (χ2n) is 5.62. The summed E-state index contributed by atoms with van der Waals surface area (Å²) in [7, 11) is 0. The van der Waals surface area contributed by atoms with Crippen molar-refractivity contribution in [3.8, 4) is 0 Å². The zero-order valence-electron chi connectivity index (χ0n) is 12.3. The van der Waals surface area contributed by atoms with E-state index in [-0.39, 0.29) is 6.42 Å². The Bertz CT molecular complexity index is 529. The Balaban J connectivity index is 1.85. The van der Waals surface area contributed by atoms with E-state index in [1.54, 1.807) is 24.3 Å². The molecule has 0 bridgehead atoms. The van der Waals surface area contributed by atoms with Crippen molar-refractivity contribution in [1.82, 2.24) is 5.32 Å². The number of carboxylic acid groups (broad SMARTS) is 1. The molecule has 22 heavy (non-hydrogen) atoms. The van der Waals surface area contributed by atoms with Gasteiger partial charge in [0.25, 0.3) is 0 Å². The first-order chi connectivity index (χ1) is 10.5. The average molecular weight is 326 g/mol. The van der Waals surface area contributed by atoms with Crippen LogP contribution in [0, 0.1) is 5.92 Å². The van der Waals surface area contributed by atoms with Crippen LogP contribution in [-0.4, -0.2) is 29.8 Å². The highest BCUT2D eigenvalue weighted by Gasteiger charge is 2.22. The largest absolute Gasteiger partial charge is 0.480 e. The Labute approximate surface area is 134 Å². The second kappa shape index (κ2) is 8.03. The topological polar surface area (TPSA) is 75.6 Å². The van der Waals surface area contributed by atoms with Crippen LogP contribution in [0.25, 0.3) is 0 Å². The van der Waals surface area contributed by atoms with Crippen molar-refractivity contribution < 1.29 is 19.4 Å². The molecular weight excluding hydrogens is 306 g/mol. The third kappa shape index (κ3) is 5.22. The van der Waals surface area contributed by atoms with E-state index in [0.29, 0.717) is 17.5 Å². The van der Waals surface area contributed by atoms with Crippen LogP contribution in [0.3, 0.4) is 0 Å². The number of alkyl carbamates (subject to hydrolysis) is 1. The zero-order chi connectivity index (χ0) is 15.9. The molecule has 0 unspecified atom stereocenters. The number of benzene rings is 1. The summed E-state index contributed by atoms with van der Waals surface area (Å²) in [5.41, 5.74) is 0.746. The highest BCUT2D eigenvalue weighted by atomic mass is 35.5. The lowest BCUT2D eigenvalue weighted by molar-refractivity contribution is -0.139. The minimum Gasteiger partial charge on any atom is -0.480 e. The fourth-order valence-corrected chi connectivity index (χ4v) is 2.87. The molecule has 1 aromatic carbocycles. The molecule has 0 aliphatic heterocycles. The molecule has 2 N–H and O–H groups in total. The molecule has 120 valence electrons. The minimum atomic E-state index is -1.10. The van der Waals surface area contributed by atoms with Crippen LogP contribution < -0.4 is 5.32 Å². The number of hydrogen-bond acceptors (Lipinski definition) is 3. The first kappa shape index (κ1) is 16.6. The molecule has 5 nitrogen and oxygen atoms in total. The summed E-state index contributed by atoms with van der Waals surface area (Å²) in [5, 5.41) is 12.2. The van der Waals surface area contributed by atoms with Crippen LogP contribution >= 0.6 is 11.6 Å². The van der Waals surface area contributed by atoms with Gasteiger partial charge in [0.15, 0.2) is 0 Å². The van der Waals surface area contributed by atoms with Crippen molar-refractivity contribution >= 4 is 23.7 Å². The summed E-state index contributed by atoms with van der Waals surface area (Å²) >= 11 is 5.88. The number of rotatable bonds is 6. The van der Waals surface area contributed by atoms with Gasteiger partial charge in [-0.3, -0.25) is 0 Å². The van der Waals surface area contributed by atoms with Crippen molar-refractivity contribution in [2.75, 3.05) is 6.61 Å². The summed E-state index contributed by atoms with van der Waals surface area (Å²) in [6.45, 7) is 0.356. The van der Waals surface area contributed by atoms with Crippen molar-refractivity contribution in [2.24, 2.45) is 5.92 Å². The minimum absolute atomic E-state index is 0.161. The molecule has 1 atom stereocenters. The molecule has 1 amide bonds. The molecule has 1 fully saturated rings. The van der Waals surface area contributed by atoms with E-state index in [1.165, 1.54) is 12.8 Å². The van der Waals surface area contributed by atoms with Crippen LogP contribution in [0.2, 0.25) is 5.02 Å². The van der Waals surface area contributed by atoms with Crippen LogP contribution in [-0.2, 0) is 16.0 Å². The first-order valence-corrected chi connectivity index (χ1v) is 7.83. The zero-order valence-corrected chi connectivity index (χ0v) is 13.0. The van der Waals surface area contributed by atoms with Gasteiger partial charge >= 0.3 is 12.1 Å². The fourth-order valence-electron chi connectivity index (χ4n) is 2.65. The van der Waals surface area contributed by atoms with Gasteiger partial charge in [-0.15, -0.1) is 0 Å². The van der Waals surface area contributed by atoms with Crippen LogP contribution in [0.1, 0.15) is 31.2 Å². The molecule has 0 heterocycles. The monoisotopic (exact) mass is 325 g/mol. The Morgan fingerprint density at radius 1 is 1.36 bits per heavy atom. The molecular formula is C16H20ClNO4. The van der Waals surface area contributed by atoms with Gasteiger partial charge in [0.05, 0.1) is 6.61 Å². The van der Waals surface area contributed by atoms with Gasteiger partial charge in [0.1, 0.15) is 6.04 Å². The van der Waals surface area contributed by atoms with Crippen molar-refractivity contribution in [3.63, 3.8) is 0 Å². The Hall–Kier alpha value is -1.75. The number of carboxylic acids is 1. The van der Waals surface area contributed by atoms with Gasteiger partial charge in [0, 0.05) is 11.4 Å². The molecule has 2 rings (SSSR count). The summed E-state index contributed by atoms with van der Waals surface area (Å²) < 4.78 is 5.13. The number of aliphatic carboxylic acids is 1. The van der Waals surface area contributed by atoms with E-state index >= 15 is 0 Å². The quantitative estimate of drug-likeness (QED) is 0.841. The number of ether oxygens (including phenoxy) is 1. The molecule has 1 aliphatic rings. The molecule has 1 aliphatic carbocycles. The van der Waals surface area contributed by atoms with E-state index < -0.39 is 18.1 Å². The summed E-state index contributed by atoms with van der Waals surface area (Å²) in [4.78, 5) is 23.0. The lowest BCUT2D eigenvalue weighted by Gasteiger charge is -2.16. The summed E-state index contributed by atoms with van der Waals surface area (Å²) in [6, 6.07) is 5.88. The predicted molar refractivity (Wildman–Crippen MR) is 83.0 cm³/mol. The predicted octanol–water partition coefficient (Wildman–Crippen LogP) is 3.25. The highest BCUT2D eigenvalue weighted by molar-refractivity contribution is 6.30. The molecule has 6 heteroatoms. The lowest BCUT2D eigenvalue weighted by Crippen LogP contribution is -2.42. The molecule has 0 radical (unpaired) electrons. The van der Waals surface area contributed by atoms with E-state index in [1.807, 2.05) is 0 Å². The number of hydrogen-bond donors (Lipinski definition) is 2. The van der Waals surface area contributed by atoms with E-state index in [0.717, 1.165) is 18.4 Å². The molecule has 0 aromatic heterocycles. The Morgan fingerprint density at radius 2 is 2.09 bits per heavy atom. The van der Waals surface area contributed by atoms with Gasteiger partial charge in [-0.2, -0.15) is 0 Å². The van der Waals surface area contributed by atoms with Gasteiger partial charge in [-0.1, -0.05) is 36.6 Å². The third-order valence-corrected chi connectivity index (χ3v) is 4.08. The number of halogens is 1. The average Bonchev–Trinajstić information content (AvgIpc) is 2.97. The smallest absolute Gasteiger partial charge is 0.407 e. The fraction of sp³-hybridized carbons (Fsp3) is 0.500. The molecule has 1 aromatic rings. The second-order valence-corrected chi connectivity index (χ2v) is 6.05. The van der Waals surface area contributed by atoms with E-state index in [9.17, 15) is 14.7 Å². The van der Waals surface area contributed by atoms with Crippen LogP contribution in [0.15, 0.2) is 24.3 Å². The maximum Gasteiger partial charge on any atom is 0.407 e.